The minimum Gasteiger partial charge on any atom is -0.349 e. The van der Waals surface area contributed by atoms with Crippen molar-refractivity contribution in [2.45, 2.75) is 25.9 Å². The van der Waals surface area contributed by atoms with E-state index < -0.39 is 0 Å². The zero-order chi connectivity index (χ0) is 15.6. The van der Waals surface area contributed by atoms with Crippen molar-refractivity contribution in [3.05, 3.63) is 66.0 Å². The lowest BCUT2D eigenvalue weighted by Crippen LogP contribution is -2.26. The number of imidazole rings is 1. The Hall–Kier alpha value is -2.62. The molecule has 4 heteroatoms. The summed E-state index contributed by atoms with van der Waals surface area (Å²) in [6, 6.07) is 18.5. The number of hydrogen-bond donors (Lipinski definition) is 1. The molecule has 1 fully saturated rings. The third-order valence-electron chi connectivity index (χ3n) is 4.29. The van der Waals surface area contributed by atoms with E-state index in [1.165, 1.54) is 5.56 Å². The summed E-state index contributed by atoms with van der Waals surface area (Å²) in [7, 11) is 0. The van der Waals surface area contributed by atoms with Gasteiger partial charge in [0.2, 0.25) is 5.91 Å². The summed E-state index contributed by atoms with van der Waals surface area (Å²) in [6.07, 6.45) is 2.04. The largest absolute Gasteiger partial charge is 0.349 e. The summed E-state index contributed by atoms with van der Waals surface area (Å²) in [5.41, 5.74) is 3.30. The van der Waals surface area contributed by atoms with E-state index in [0.29, 0.717) is 6.54 Å². The first-order valence-electron chi connectivity index (χ1n) is 8.07. The number of aromatic nitrogens is 2. The Balaban J connectivity index is 1.64. The number of nitrogens with one attached hydrogen (secondary N) is 1. The fraction of sp³-hybridized carbons (Fsp3) is 0.263. The lowest BCUT2D eigenvalue weighted by Gasteiger charge is -2.10. The van der Waals surface area contributed by atoms with E-state index in [0.717, 1.165) is 36.2 Å². The van der Waals surface area contributed by atoms with Gasteiger partial charge in [-0.25, -0.2) is 4.98 Å². The van der Waals surface area contributed by atoms with Crippen molar-refractivity contribution in [2.24, 2.45) is 5.92 Å². The molecule has 0 radical (unpaired) electrons. The molecule has 4 rings (SSSR count). The molecule has 0 aliphatic heterocycles. The number of carbonyl (C=O) groups excluding carboxylic acids is 1. The van der Waals surface area contributed by atoms with Crippen molar-refractivity contribution in [2.75, 3.05) is 0 Å². The molecule has 2 aromatic carbocycles. The van der Waals surface area contributed by atoms with Gasteiger partial charge in [-0.15, -0.1) is 0 Å². The lowest BCUT2D eigenvalue weighted by atomic mass is 10.2. The van der Waals surface area contributed by atoms with Crippen LogP contribution < -0.4 is 5.32 Å². The van der Waals surface area contributed by atoms with E-state index in [9.17, 15) is 4.79 Å². The van der Waals surface area contributed by atoms with Gasteiger partial charge in [0.15, 0.2) is 0 Å². The maximum absolute atomic E-state index is 11.9. The fourth-order valence-electron chi connectivity index (χ4n) is 2.86. The van der Waals surface area contributed by atoms with Crippen LogP contribution in [0.1, 0.15) is 24.2 Å². The third kappa shape index (κ3) is 2.97. The lowest BCUT2D eigenvalue weighted by molar-refractivity contribution is -0.122. The van der Waals surface area contributed by atoms with Crippen LogP contribution in [0.3, 0.4) is 0 Å². The molecule has 1 N–H and O–H groups in total. The molecule has 0 atom stereocenters. The summed E-state index contributed by atoms with van der Waals surface area (Å²) in [5, 5.41) is 3.03. The number of carbonyl (C=O) groups is 1. The minimum atomic E-state index is 0.156. The minimum absolute atomic E-state index is 0.156. The van der Waals surface area contributed by atoms with Crippen molar-refractivity contribution in [3.63, 3.8) is 0 Å². The molecule has 1 aliphatic carbocycles. The van der Waals surface area contributed by atoms with Crippen LogP contribution in [0.4, 0.5) is 0 Å². The molecule has 4 nitrogen and oxygen atoms in total. The van der Waals surface area contributed by atoms with Crippen LogP contribution in [-0.4, -0.2) is 15.5 Å². The van der Waals surface area contributed by atoms with Crippen LogP contribution in [0.5, 0.6) is 0 Å². The van der Waals surface area contributed by atoms with Crippen molar-refractivity contribution < 1.29 is 4.79 Å². The molecule has 0 spiro atoms. The van der Waals surface area contributed by atoms with Gasteiger partial charge in [0.05, 0.1) is 17.6 Å². The molecule has 0 unspecified atom stereocenters. The smallest absolute Gasteiger partial charge is 0.223 e. The highest BCUT2D eigenvalue weighted by atomic mass is 16.2. The zero-order valence-corrected chi connectivity index (χ0v) is 12.9. The molecule has 1 aliphatic rings. The van der Waals surface area contributed by atoms with Gasteiger partial charge in [0.25, 0.3) is 0 Å². The number of para-hydroxylation sites is 2. The Morgan fingerprint density at radius 2 is 1.83 bits per heavy atom. The number of rotatable bonds is 5. The first kappa shape index (κ1) is 14.0. The standard InChI is InChI=1S/C19H19N3O/c23-19(15-10-11-15)20-12-18-21-16-8-4-5-9-17(16)22(18)13-14-6-2-1-3-7-14/h1-9,15H,10-13H2,(H,20,23). The van der Waals surface area contributed by atoms with E-state index in [4.69, 9.17) is 4.98 Å². The second-order valence-corrected chi connectivity index (χ2v) is 6.08. The van der Waals surface area contributed by atoms with Crippen LogP contribution in [0, 0.1) is 5.92 Å². The maximum Gasteiger partial charge on any atom is 0.223 e. The second kappa shape index (κ2) is 5.88. The molecule has 116 valence electrons. The highest BCUT2D eigenvalue weighted by Crippen LogP contribution is 2.29. The van der Waals surface area contributed by atoms with E-state index in [2.05, 4.69) is 28.1 Å². The molecular formula is C19H19N3O. The van der Waals surface area contributed by atoms with Gasteiger partial charge >= 0.3 is 0 Å². The number of nitrogens with zero attached hydrogens (tertiary/aromatic N) is 2. The second-order valence-electron chi connectivity index (χ2n) is 6.08. The van der Waals surface area contributed by atoms with Gasteiger partial charge in [-0.2, -0.15) is 0 Å². The predicted molar refractivity (Wildman–Crippen MR) is 89.8 cm³/mol. The highest BCUT2D eigenvalue weighted by Gasteiger charge is 2.29. The first-order valence-corrected chi connectivity index (χ1v) is 8.07. The predicted octanol–water partition coefficient (Wildman–Crippen LogP) is 3.11. The van der Waals surface area contributed by atoms with E-state index in [-0.39, 0.29) is 11.8 Å². The molecule has 1 saturated carbocycles. The fourth-order valence-corrected chi connectivity index (χ4v) is 2.86. The topological polar surface area (TPSA) is 46.9 Å². The Morgan fingerprint density at radius 1 is 1.09 bits per heavy atom. The average molecular weight is 305 g/mol. The van der Waals surface area contributed by atoms with Crippen LogP contribution in [-0.2, 0) is 17.9 Å². The van der Waals surface area contributed by atoms with Crippen LogP contribution in [0.2, 0.25) is 0 Å². The van der Waals surface area contributed by atoms with Gasteiger partial charge in [-0.1, -0.05) is 42.5 Å². The van der Waals surface area contributed by atoms with Crippen molar-refractivity contribution in [1.29, 1.82) is 0 Å². The van der Waals surface area contributed by atoms with E-state index in [1.54, 1.807) is 0 Å². The molecule has 1 aromatic heterocycles. The normalized spacial score (nSPS) is 14.1. The molecular weight excluding hydrogens is 286 g/mol. The van der Waals surface area contributed by atoms with Crippen LogP contribution in [0.15, 0.2) is 54.6 Å². The average Bonchev–Trinajstić information content (AvgIpc) is 3.38. The van der Waals surface area contributed by atoms with Gasteiger partial charge in [0.1, 0.15) is 5.82 Å². The number of amides is 1. The SMILES string of the molecule is O=C(NCc1nc2ccccc2n1Cc1ccccc1)C1CC1. The van der Waals surface area contributed by atoms with Crippen LogP contribution in [0.25, 0.3) is 11.0 Å². The summed E-state index contributed by atoms with van der Waals surface area (Å²) in [4.78, 5) is 16.6. The molecule has 1 amide bonds. The van der Waals surface area contributed by atoms with Crippen LogP contribution >= 0.6 is 0 Å². The van der Waals surface area contributed by atoms with E-state index in [1.807, 2.05) is 36.4 Å². The molecule has 3 aromatic rings. The molecule has 0 bridgehead atoms. The van der Waals surface area contributed by atoms with Gasteiger partial charge in [-0.3, -0.25) is 4.79 Å². The Kier molecular flexibility index (Phi) is 3.58. The maximum atomic E-state index is 11.9. The Bertz CT molecular complexity index is 834. The third-order valence-corrected chi connectivity index (χ3v) is 4.29. The summed E-state index contributed by atoms with van der Waals surface area (Å²) >= 11 is 0. The number of fused-ring (bicyclic) bond motifs is 1. The summed E-state index contributed by atoms with van der Waals surface area (Å²) in [6.45, 7) is 1.24. The molecule has 23 heavy (non-hydrogen) atoms. The Morgan fingerprint density at radius 3 is 2.61 bits per heavy atom. The molecule has 1 heterocycles. The summed E-state index contributed by atoms with van der Waals surface area (Å²) in [5.74, 6) is 1.29. The van der Waals surface area contributed by atoms with E-state index >= 15 is 0 Å². The van der Waals surface area contributed by atoms with Gasteiger partial charge in [-0.05, 0) is 30.5 Å². The number of hydrogen-bond acceptors (Lipinski definition) is 2. The zero-order valence-electron chi connectivity index (χ0n) is 12.9. The van der Waals surface area contributed by atoms with Gasteiger partial charge in [0, 0.05) is 12.5 Å². The monoisotopic (exact) mass is 305 g/mol. The quantitative estimate of drug-likeness (QED) is 0.787. The van der Waals surface area contributed by atoms with Crippen molar-refractivity contribution >= 4 is 16.9 Å². The van der Waals surface area contributed by atoms with Crippen molar-refractivity contribution in [1.82, 2.24) is 14.9 Å². The Labute approximate surface area is 135 Å². The van der Waals surface area contributed by atoms with Crippen molar-refractivity contribution in [3.8, 4) is 0 Å². The number of benzene rings is 2. The summed E-state index contributed by atoms with van der Waals surface area (Å²) < 4.78 is 2.19. The highest BCUT2D eigenvalue weighted by molar-refractivity contribution is 5.81. The first-order chi connectivity index (χ1) is 11.3. The van der Waals surface area contributed by atoms with Gasteiger partial charge < -0.3 is 9.88 Å². The molecule has 0 saturated heterocycles.